The van der Waals surface area contributed by atoms with E-state index in [4.69, 9.17) is 10.5 Å². The SMILES string of the molecule is NC(=O)Cn1ccc2c(OC3CCN(C(=O)C4CC=CC4)CC3)cccc21. The zero-order valence-corrected chi connectivity index (χ0v) is 15.3. The first-order valence-corrected chi connectivity index (χ1v) is 9.58. The molecule has 2 aromatic rings. The fraction of sp³-hybridized carbons (Fsp3) is 0.429. The predicted octanol–water partition coefficient (Wildman–Crippen LogP) is 2.46. The number of rotatable bonds is 5. The summed E-state index contributed by atoms with van der Waals surface area (Å²) in [7, 11) is 0. The maximum absolute atomic E-state index is 12.5. The average Bonchev–Trinajstić information content (AvgIpc) is 3.33. The predicted molar refractivity (Wildman–Crippen MR) is 103 cm³/mol. The van der Waals surface area contributed by atoms with E-state index in [1.165, 1.54) is 0 Å². The summed E-state index contributed by atoms with van der Waals surface area (Å²) in [4.78, 5) is 25.8. The molecule has 1 aliphatic carbocycles. The number of ether oxygens (including phenoxy) is 1. The number of likely N-dealkylation sites (tertiary alicyclic amines) is 1. The van der Waals surface area contributed by atoms with Crippen LogP contribution in [0.3, 0.4) is 0 Å². The molecule has 27 heavy (non-hydrogen) atoms. The summed E-state index contributed by atoms with van der Waals surface area (Å²) < 4.78 is 8.10. The number of carbonyl (C=O) groups excluding carboxylic acids is 2. The Kier molecular flexibility index (Phi) is 4.88. The molecule has 2 amide bonds. The van der Waals surface area contributed by atoms with E-state index in [-0.39, 0.29) is 30.4 Å². The molecule has 142 valence electrons. The lowest BCUT2D eigenvalue weighted by Crippen LogP contribution is -2.44. The van der Waals surface area contributed by atoms with Gasteiger partial charge in [0.2, 0.25) is 11.8 Å². The average molecular weight is 367 g/mol. The molecule has 1 saturated heterocycles. The van der Waals surface area contributed by atoms with Crippen LogP contribution in [0.15, 0.2) is 42.6 Å². The zero-order valence-electron chi connectivity index (χ0n) is 15.3. The smallest absolute Gasteiger partial charge is 0.237 e. The van der Waals surface area contributed by atoms with Crippen LogP contribution in [-0.2, 0) is 16.1 Å². The van der Waals surface area contributed by atoms with Gasteiger partial charge in [-0.1, -0.05) is 18.2 Å². The number of hydrogen-bond donors (Lipinski definition) is 1. The number of aromatic nitrogens is 1. The largest absolute Gasteiger partial charge is 0.490 e. The third-order valence-corrected chi connectivity index (χ3v) is 5.50. The molecule has 2 heterocycles. The molecule has 0 saturated carbocycles. The molecule has 6 nitrogen and oxygen atoms in total. The van der Waals surface area contributed by atoms with E-state index in [9.17, 15) is 9.59 Å². The third-order valence-electron chi connectivity index (χ3n) is 5.50. The van der Waals surface area contributed by atoms with Gasteiger partial charge in [-0.2, -0.15) is 0 Å². The number of carbonyl (C=O) groups is 2. The minimum atomic E-state index is -0.367. The van der Waals surface area contributed by atoms with Crippen LogP contribution in [0.4, 0.5) is 0 Å². The Morgan fingerprint density at radius 2 is 1.85 bits per heavy atom. The van der Waals surface area contributed by atoms with Gasteiger partial charge in [0.1, 0.15) is 18.4 Å². The highest BCUT2D eigenvalue weighted by Gasteiger charge is 2.29. The highest BCUT2D eigenvalue weighted by atomic mass is 16.5. The van der Waals surface area contributed by atoms with Crippen molar-refractivity contribution in [2.45, 2.75) is 38.3 Å². The molecule has 1 aromatic heterocycles. The standard InChI is InChI=1S/C21H25N3O3/c22-20(25)14-24-13-10-17-18(24)6-3-7-19(17)27-16-8-11-23(12-9-16)21(26)15-4-1-2-5-15/h1-3,6-7,10,13,15-16H,4-5,8-9,11-12,14H2,(H2,22,25). The molecule has 0 unspecified atom stereocenters. The molecular weight excluding hydrogens is 342 g/mol. The number of allylic oxidation sites excluding steroid dienone is 2. The van der Waals surface area contributed by atoms with Crippen molar-refractivity contribution in [3.63, 3.8) is 0 Å². The van der Waals surface area contributed by atoms with Gasteiger partial charge in [0.25, 0.3) is 0 Å². The topological polar surface area (TPSA) is 77.6 Å². The van der Waals surface area contributed by atoms with E-state index in [0.717, 1.165) is 55.4 Å². The van der Waals surface area contributed by atoms with Crippen LogP contribution in [0.2, 0.25) is 0 Å². The first-order valence-electron chi connectivity index (χ1n) is 9.58. The first kappa shape index (κ1) is 17.6. The second-order valence-electron chi connectivity index (χ2n) is 7.38. The van der Waals surface area contributed by atoms with E-state index >= 15 is 0 Å². The molecule has 2 N–H and O–H groups in total. The summed E-state index contributed by atoms with van der Waals surface area (Å²) in [5.41, 5.74) is 6.26. The zero-order chi connectivity index (χ0) is 18.8. The summed E-state index contributed by atoms with van der Waals surface area (Å²) in [6.45, 7) is 1.65. The molecule has 2 aliphatic rings. The van der Waals surface area contributed by atoms with Gasteiger partial charge in [-0.3, -0.25) is 9.59 Å². The number of piperidine rings is 1. The van der Waals surface area contributed by atoms with Crippen LogP contribution in [0.1, 0.15) is 25.7 Å². The van der Waals surface area contributed by atoms with Gasteiger partial charge in [-0.15, -0.1) is 0 Å². The van der Waals surface area contributed by atoms with E-state index in [1.807, 2.05) is 39.9 Å². The van der Waals surface area contributed by atoms with Crippen molar-refractivity contribution in [3.8, 4) is 5.75 Å². The third kappa shape index (κ3) is 3.70. The highest BCUT2D eigenvalue weighted by molar-refractivity contribution is 5.88. The number of nitrogens with zero attached hydrogens (tertiary/aromatic N) is 2. The number of hydrogen-bond acceptors (Lipinski definition) is 3. The lowest BCUT2D eigenvalue weighted by Gasteiger charge is -2.33. The summed E-state index contributed by atoms with van der Waals surface area (Å²) in [5.74, 6) is 0.874. The quantitative estimate of drug-likeness (QED) is 0.825. The van der Waals surface area contributed by atoms with Gasteiger partial charge in [0.05, 0.1) is 5.52 Å². The molecule has 4 rings (SSSR count). The number of amides is 2. The Morgan fingerprint density at radius 1 is 1.11 bits per heavy atom. The molecule has 6 heteroatoms. The number of nitrogens with two attached hydrogens (primary N) is 1. The first-order chi connectivity index (χ1) is 13.1. The van der Waals surface area contributed by atoms with Crippen molar-refractivity contribution in [2.75, 3.05) is 13.1 Å². The van der Waals surface area contributed by atoms with Gasteiger partial charge >= 0.3 is 0 Å². The summed E-state index contributed by atoms with van der Waals surface area (Å²) in [6, 6.07) is 7.81. The molecule has 0 radical (unpaired) electrons. The van der Waals surface area contributed by atoms with Crippen molar-refractivity contribution < 1.29 is 14.3 Å². The van der Waals surface area contributed by atoms with E-state index < -0.39 is 0 Å². The Morgan fingerprint density at radius 3 is 2.56 bits per heavy atom. The lowest BCUT2D eigenvalue weighted by molar-refractivity contribution is -0.137. The minimum Gasteiger partial charge on any atom is -0.490 e. The minimum absolute atomic E-state index is 0.0980. The normalized spacial score (nSPS) is 18.3. The second-order valence-corrected chi connectivity index (χ2v) is 7.38. The molecule has 1 fully saturated rings. The number of primary amides is 1. The van der Waals surface area contributed by atoms with Crippen LogP contribution in [-0.4, -0.2) is 40.5 Å². The molecule has 0 atom stereocenters. The van der Waals surface area contributed by atoms with Gasteiger partial charge in [0.15, 0.2) is 0 Å². The maximum Gasteiger partial charge on any atom is 0.237 e. The second kappa shape index (κ2) is 7.47. The molecule has 0 bridgehead atoms. The van der Waals surface area contributed by atoms with Gasteiger partial charge < -0.3 is 19.9 Å². The Bertz CT molecular complexity index is 870. The van der Waals surface area contributed by atoms with Gasteiger partial charge in [-0.25, -0.2) is 0 Å². The fourth-order valence-corrected chi connectivity index (χ4v) is 4.05. The molecular formula is C21H25N3O3. The van der Waals surface area contributed by atoms with Crippen molar-refractivity contribution in [2.24, 2.45) is 11.7 Å². The van der Waals surface area contributed by atoms with Crippen molar-refractivity contribution in [1.29, 1.82) is 0 Å². The van der Waals surface area contributed by atoms with Gasteiger partial charge in [-0.05, 0) is 31.0 Å². The lowest BCUT2D eigenvalue weighted by atomic mass is 10.0. The van der Waals surface area contributed by atoms with E-state index in [2.05, 4.69) is 12.2 Å². The van der Waals surface area contributed by atoms with E-state index in [0.29, 0.717) is 0 Å². The van der Waals surface area contributed by atoms with Crippen LogP contribution >= 0.6 is 0 Å². The van der Waals surface area contributed by atoms with E-state index in [1.54, 1.807) is 0 Å². The molecule has 0 spiro atoms. The van der Waals surface area contributed by atoms with Crippen LogP contribution in [0.25, 0.3) is 10.9 Å². The van der Waals surface area contributed by atoms with Crippen molar-refractivity contribution in [3.05, 3.63) is 42.6 Å². The summed E-state index contributed by atoms with van der Waals surface area (Å²) in [6.07, 6.45) is 9.58. The van der Waals surface area contributed by atoms with Crippen LogP contribution < -0.4 is 10.5 Å². The van der Waals surface area contributed by atoms with Crippen molar-refractivity contribution in [1.82, 2.24) is 9.47 Å². The molecule has 1 aromatic carbocycles. The maximum atomic E-state index is 12.5. The monoisotopic (exact) mass is 367 g/mol. The Balaban J connectivity index is 1.40. The van der Waals surface area contributed by atoms with Crippen molar-refractivity contribution >= 4 is 22.7 Å². The number of fused-ring (bicyclic) bond motifs is 1. The molecule has 1 aliphatic heterocycles. The summed E-state index contributed by atoms with van der Waals surface area (Å²) in [5, 5.41) is 0.981. The Hall–Kier alpha value is -2.76. The highest BCUT2D eigenvalue weighted by Crippen LogP contribution is 2.30. The Labute approximate surface area is 158 Å². The van der Waals surface area contributed by atoms with Crippen LogP contribution in [0, 0.1) is 5.92 Å². The van der Waals surface area contributed by atoms with Crippen LogP contribution in [0.5, 0.6) is 5.75 Å². The number of benzene rings is 1. The fourth-order valence-electron chi connectivity index (χ4n) is 4.05. The van der Waals surface area contributed by atoms with Gasteiger partial charge in [0, 0.05) is 43.4 Å². The summed E-state index contributed by atoms with van der Waals surface area (Å²) >= 11 is 0.